The summed E-state index contributed by atoms with van der Waals surface area (Å²) in [4.78, 5) is 13.7. The number of rotatable bonds is 13. The van der Waals surface area contributed by atoms with Crippen LogP contribution in [-0.2, 0) is 42.1 Å². The number of aliphatic hydroxyl groups is 1. The molecule has 4 aliphatic heterocycles. The van der Waals surface area contributed by atoms with Crippen LogP contribution in [0.2, 0.25) is 0 Å². The molecule has 286 valence electrons. The van der Waals surface area contributed by atoms with E-state index in [4.69, 9.17) is 51.7 Å². The first-order chi connectivity index (χ1) is 25.1. The number of hydrogen-bond acceptors (Lipinski definition) is 16. The fraction of sp³-hybridized carbons (Fsp3) is 0.629. The molecule has 3 saturated heterocycles. The van der Waals surface area contributed by atoms with E-state index < -0.39 is 74.4 Å². The lowest BCUT2D eigenvalue weighted by Gasteiger charge is -2.49. The van der Waals surface area contributed by atoms with Crippen molar-refractivity contribution in [2.75, 3.05) is 60.1 Å². The maximum atomic E-state index is 13.7. The second-order valence-corrected chi connectivity index (χ2v) is 15.3. The number of fused-ring (bicyclic) bond motifs is 4. The fourth-order valence-corrected chi connectivity index (χ4v) is 9.42. The molecule has 10 atom stereocenters. The molecule has 0 saturated carbocycles. The minimum Gasteiger partial charge on any atom is -0.502 e. The molecule has 0 radical (unpaired) electrons. The van der Waals surface area contributed by atoms with Crippen LogP contribution in [0.3, 0.4) is 0 Å². The van der Waals surface area contributed by atoms with Crippen LogP contribution in [0.25, 0.3) is 0 Å². The van der Waals surface area contributed by atoms with Crippen LogP contribution in [0.15, 0.2) is 24.3 Å². The van der Waals surface area contributed by atoms with E-state index in [0.717, 1.165) is 0 Å². The second kappa shape index (κ2) is 15.3. The molecule has 2 aromatic carbocycles. The monoisotopic (exact) mass is 751 g/mol. The molecule has 0 spiro atoms. The molecule has 52 heavy (non-hydrogen) atoms. The molecule has 6 unspecified atom stereocenters. The van der Waals surface area contributed by atoms with E-state index in [1.165, 1.54) is 14.2 Å². The van der Waals surface area contributed by atoms with E-state index in [-0.39, 0.29) is 63.2 Å². The number of carbonyl (C=O) groups excluding carboxylic acids is 1. The first-order valence-electron chi connectivity index (χ1n) is 17.5. The highest BCUT2D eigenvalue weighted by atomic mass is 31.2. The number of benzene rings is 2. The Bertz CT molecular complexity index is 1640. The molecule has 16 nitrogen and oxygen atoms in total. The molecule has 1 aliphatic carbocycles. The highest BCUT2D eigenvalue weighted by molar-refractivity contribution is 7.53. The van der Waals surface area contributed by atoms with Crippen molar-refractivity contribution in [3.63, 3.8) is 0 Å². The lowest BCUT2D eigenvalue weighted by atomic mass is 9.66. The van der Waals surface area contributed by atoms with Crippen molar-refractivity contribution >= 4 is 13.6 Å². The van der Waals surface area contributed by atoms with E-state index in [0.29, 0.717) is 28.2 Å². The number of aromatic hydroxyl groups is 1. The third-order valence-corrected chi connectivity index (χ3v) is 12.3. The molecule has 7 rings (SSSR count). The number of esters is 1. The van der Waals surface area contributed by atoms with Gasteiger partial charge in [0.1, 0.15) is 18.3 Å². The third-order valence-electron chi connectivity index (χ3n) is 10.2. The second-order valence-electron chi connectivity index (χ2n) is 13.1. The molecule has 0 aromatic heterocycles. The van der Waals surface area contributed by atoms with Gasteiger partial charge in [0.25, 0.3) is 0 Å². The minimum atomic E-state index is -3.42. The number of aliphatic hydroxyl groups excluding tert-OH is 1. The van der Waals surface area contributed by atoms with Gasteiger partial charge in [-0.2, -0.15) is 0 Å². The first-order valence-corrected chi connectivity index (χ1v) is 19.2. The predicted molar refractivity (Wildman–Crippen MR) is 180 cm³/mol. The van der Waals surface area contributed by atoms with Crippen molar-refractivity contribution < 1.29 is 71.3 Å². The molecule has 2 aromatic rings. The first kappa shape index (κ1) is 37.1. The average molecular weight is 752 g/mol. The van der Waals surface area contributed by atoms with Crippen molar-refractivity contribution in [2.45, 2.75) is 69.7 Å². The summed E-state index contributed by atoms with van der Waals surface area (Å²) in [5.41, 5.74) is 2.04. The summed E-state index contributed by atoms with van der Waals surface area (Å²) >= 11 is 0. The van der Waals surface area contributed by atoms with E-state index >= 15 is 0 Å². The van der Waals surface area contributed by atoms with Gasteiger partial charge in [0.15, 0.2) is 35.6 Å². The van der Waals surface area contributed by atoms with Gasteiger partial charge in [0, 0.05) is 18.4 Å². The summed E-state index contributed by atoms with van der Waals surface area (Å²) < 4.78 is 77.6. The molecule has 3 N–H and O–H groups in total. The van der Waals surface area contributed by atoms with Crippen molar-refractivity contribution in [1.82, 2.24) is 5.32 Å². The van der Waals surface area contributed by atoms with E-state index in [1.807, 2.05) is 12.1 Å². The van der Waals surface area contributed by atoms with Crippen LogP contribution < -0.4 is 24.3 Å². The molecule has 17 heteroatoms. The summed E-state index contributed by atoms with van der Waals surface area (Å²) in [6, 6.07) is 6.14. The normalized spacial score (nSPS) is 32.1. The maximum Gasteiger partial charge on any atom is 0.331 e. The smallest absolute Gasteiger partial charge is 0.331 e. The summed E-state index contributed by atoms with van der Waals surface area (Å²) in [6.07, 6.45) is -4.97. The fourth-order valence-electron chi connectivity index (χ4n) is 7.90. The third kappa shape index (κ3) is 6.85. The number of cyclic esters (lactones) is 1. The molecular formula is C35H46NO15P. The Labute approximate surface area is 301 Å². The predicted octanol–water partition coefficient (Wildman–Crippen LogP) is 3.20. The van der Waals surface area contributed by atoms with Gasteiger partial charge in [0.2, 0.25) is 12.5 Å². The van der Waals surface area contributed by atoms with Crippen LogP contribution >= 0.6 is 7.60 Å². The molecule has 5 aliphatic rings. The number of phenols is 1. The number of carbonyl (C=O) groups is 1. The standard InChI is InChI=1S/C35H46NO15P/c1-6-47-52(40,48-7-2)9-8-36-29-31(38)33-26(15-43-17(3)49-33)50-35(29)51-32-20-13-23-22(45-16-46-23)12-19(20)27(28-21(32)14-44-34(28)39)18-10-24(41-4)30(37)25(11-18)42-5/h10-13,17,21,26-29,31-33,35-38H,6-9,14-16H2,1-5H3/t17?,21-,26?,27+,28-,29?,31?,32+,33?,35?/m0/s1. The Morgan fingerprint density at radius 3 is 2.27 bits per heavy atom. The largest absolute Gasteiger partial charge is 0.502 e. The number of phenolic OH excluding ortho intramolecular Hbond substituents is 1. The summed E-state index contributed by atoms with van der Waals surface area (Å²) in [7, 11) is -0.544. The average Bonchev–Trinajstić information content (AvgIpc) is 3.75. The maximum absolute atomic E-state index is 13.7. The van der Waals surface area contributed by atoms with Gasteiger partial charge in [0.05, 0.1) is 64.9 Å². The van der Waals surface area contributed by atoms with Crippen molar-refractivity contribution in [2.24, 2.45) is 11.8 Å². The molecule has 4 heterocycles. The topological polar surface area (TPSA) is 188 Å². The lowest BCUT2D eigenvalue weighted by Crippen LogP contribution is -2.67. The lowest BCUT2D eigenvalue weighted by molar-refractivity contribution is -0.346. The highest BCUT2D eigenvalue weighted by Crippen LogP contribution is 2.57. The highest BCUT2D eigenvalue weighted by Gasteiger charge is 2.56. The SMILES string of the molecule is CCOP(=O)(CCNC1C(O[C@@H]2c3cc4c(cc3[C@@H](c3cc(OC)c(O)c(OC)c3)[C@H]3C(=O)OC[C@@H]32)OCO4)OC2COC(C)OC2C1O)OCC. The van der Waals surface area contributed by atoms with Crippen molar-refractivity contribution in [3.8, 4) is 28.7 Å². The van der Waals surface area contributed by atoms with Crippen LogP contribution in [0.5, 0.6) is 28.7 Å². The molecule has 0 bridgehead atoms. The van der Waals surface area contributed by atoms with Gasteiger partial charge in [-0.3, -0.25) is 9.36 Å². The van der Waals surface area contributed by atoms with Crippen LogP contribution in [-0.4, -0.2) is 113 Å². The van der Waals surface area contributed by atoms with Gasteiger partial charge in [-0.25, -0.2) is 0 Å². The Hall–Kier alpha value is -3.18. The number of nitrogens with one attached hydrogen (secondary N) is 1. The number of hydrogen-bond donors (Lipinski definition) is 3. The van der Waals surface area contributed by atoms with Crippen molar-refractivity contribution in [1.29, 1.82) is 0 Å². The zero-order chi connectivity index (χ0) is 36.7. The number of ether oxygens (including phenoxy) is 9. The minimum absolute atomic E-state index is 0.0168. The van der Waals surface area contributed by atoms with Crippen LogP contribution in [0.4, 0.5) is 0 Å². The Morgan fingerprint density at radius 2 is 1.62 bits per heavy atom. The zero-order valence-corrected chi connectivity index (χ0v) is 30.6. The Morgan fingerprint density at radius 1 is 0.942 bits per heavy atom. The van der Waals surface area contributed by atoms with E-state index in [9.17, 15) is 19.6 Å². The van der Waals surface area contributed by atoms with Gasteiger partial charge >= 0.3 is 13.6 Å². The van der Waals surface area contributed by atoms with Gasteiger partial charge < -0.3 is 67.2 Å². The van der Waals surface area contributed by atoms with Crippen LogP contribution in [0, 0.1) is 11.8 Å². The molecule has 3 fully saturated rings. The van der Waals surface area contributed by atoms with Gasteiger partial charge in [-0.05, 0) is 61.7 Å². The zero-order valence-electron chi connectivity index (χ0n) is 29.7. The Kier molecular flexibility index (Phi) is 10.9. The Balaban J connectivity index is 1.27. The van der Waals surface area contributed by atoms with Crippen molar-refractivity contribution in [3.05, 3.63) is 41.0 Å². The van der Waals surface area contributed by atoms with Gasteiger partial charge in [-0.15, -0.1) is 0 Å². The molecule has 0 amide bonds. The van der Waals surface area contributed by atoms with E-state index in [2.05, 4.69) is 5.32 Å². The van der Waals surface area contributed by atoms with Crippen LogP contribution in [0.1, 0.15) is 49.5 Å². The molecular weight excluding hydrogens is 705 g/mol. The summed E-state index contributed by atoms with van der Waals surface area (Å²) in [5, 5.41) is 25.8. The quantitative estimate of drug-likeness (QED) is 0.200. The summed E-state index contributed by atoms with van der Waals surface area (Å²) in [6.45, 7) is 5.98. The van der Waals surface area contributed by atoms with Gasteiger partial charge in [-0.1, -0.05) is 0 Å². The number of methoxy groups -OCH3 is 2. The summed E-state index contributed by atoms with van der Waals surface area (Å²) in [5.74, 6) is -1.10. The van der Waals surface area contributed by atoms with E-state index in [1.54, 1.807) is 32.9 Å².